The van der Waals surface area contributed by atoms with E-state index < -0.39 is 5.41 Å². The van der Waals surface area contributed by atoms with Crippen LogP contribution in [-0.4, -0.2) is 15.0 Å². The smallest absolute Gasteiger partial charge is 0.868 e. The molecule has 456 valence electrons. The summed E-state index contributed by atoms with van der Waals surface area (Å²) in [4.78, 5) is 18.4. The van der Waals surface area contributed by atoms with Crippen molar-refractivity contribution in [1.82, 2.24) is 15.0 Å². The van der Waals surface area contributed by atoms with Gasteiger partial charge in [-0.3, -0.25) is 0 Å². The molecule has 0 radical (unpaired) electrons. The average Bonchev–Trinajstić information content (AvgIpc) is 1.52. The first-order valence-corrected chi connectivity index (χ1v) is 32.8. The van der Waals surface area contributed by atoms with Gasteiger partial charge in [0.15, 0.2) is 23.7 Å². The minimum atomic E-state index is -0.504. The Morgan fingerprint density at radius 2 is 0.714 bits per heavy atom. The van der Waals surface area contributed by atoms with Crippen molar-refractivity contribution < 1.29 is 33.4 Å². The van der Waals surface area contributed by atoms with Crippen molar-refractivity contribution >= 4 is 65.2 Å². The number of fused-ring (bicyclic) bond motifs is 10. The van der Waals surface area contributed by atoms with Crippen molar-refractivity contribution in [3.63, 3.8) is 0 Å². The quantitative estimate of drug-likeness (QED) is 0.112. The molecule has 6 nitrogen and oxygen atoms in total. The number of aromatic amines is 1. The van der Waals surface area contributed by atoms with E-state index in [0.717, 1.165) is 55.1 Å². The maximum absolute atomic E-state index is 11.1. The molecule has 0 unspecified atom stereocenters. The standard InChI is InChI=1S/C46H31N3.C36H22O.C9H7NO.Li/c1-5-16-32(17-6-1)33-28-30-35(31-29-33)44-47-43(34-18-7-2-8-19-34)48-45(49-44)39-25-15-27-41-42(39)38-24-13-14-26-40(38)46(41,36-20-9-3-10-21-36)37-22-11-4-12-23-37;1-2-10-23(11-3-1)35-27-14-6-8-16-29(27)36(30-17-9-7-15-28(30)35)26-18-19-33-31(21-26)32-20-24-12-4-5-13-25(24)22-34(32)37-33;11-8-5-1-3-7-4-2-6-10-9(7)8;/h1-31H;1-22H;1-6,11H;/q;;;+1. The number of hydrogen-bond donors (Lipinski definition) is 0. The van der Waals surface area contributed by atoms with Crippen LogP contribution >= 0.6 is 0 Å². The molecule has 18 aromatic rings. The second-order valence-electron chi connectivity index (χ2n) is 24.5. The van der Waals surface area contributed by atoms with Gasteiger partial charge < -0.3 is 9.52 Å². The van der Waals surface area contributed by atoms with E-state index in [2.05, 4.69) is 302 Å². The third-order valence-electron chi connectivity index (χ3n) is 18.9. The molecule has 0 amide bonds. The van der Waals surface area contributed by atoms with E-state index in [1.165, 1.54) is 88.0 Å². The van der Waals surface area contributed by atoms with E-state index in [0.29, 0.717) is 23.0 Å². The van der Waals surface area contributed by atoms with Crippen LogP contribution in [-0.2, 0) is 5.41 Å². The first-order chi connectivity index (χ1) is 48.0. The maximum atomic E-state index is 11.1. The number of furan rings is 1. The molecule has 0 spiro atoms. The van der Waals surface area contributed by atoms with Crippen molar-refractivity contribution in [3.8, 4) is 84.4 Å². The Bertz CT molecular complexity index is 5850. The Kier molecular flexibility index (Phi) is 16.2. The van der Waals surface area contributed by atoms with E-state index in [1.54, 1.807) is 18.3 Å². The fraction of sp³-hybridized carbons (Fsp3) is 0.0110. The zero-order valence-electron chi connectivity index (χ0n) is 53.7. The topological polar surface area (TPSA) is 89.0 Å². The molecule has 0 aliphatic heterocycles. The van der Waals surface area contributed by atoms with E-state index in [9.17, 15) is 5.11 Å². The number of rotatable bonds is 8. The van der Waals surface area contributed by atoms with Crippen LogP contribution in [0.25, 0.3) is 144 Å². The number of aromatic nitrogens is 4. The summed E-state index contributed by atoms with van der Waals surface area (Å²) in [6.07, 6.45) is 1.75. The van der Waals surface area contributed by atoms with E-state index >= 15 is 0 Å². The van der Waals surface area contributed by atoms with Gasteiger partial charge in [-0.1, -0.05) is 309 Å². The van der Waals surface area contributed by atoms with E-state index in [1.807, 2.05) is 42.5 Å². The van der Waals surface area contributed by atoms with Crippen molar-refractivity contribution in [2.45, 2.75) is 5.41 Å². The van der Waals surface area contributed by atoms with Crippen LogP contribution < -0.4 is 29.0 Å². The molecule has 98 heavy (non-hydrogen) atoms. The van der Waals surface area contributed by atoms with Crippen molar-refractivity contribution in [3.05, 3.63) is 380 Å². The predicted octanol–water partition coefficient (Wildman–Crippen LogP) is 19.0. The molecule has 0 bridgehead atoms. The molecule has 1 N–H and O–H groups in total. The first kappa shape index (κ1) is 60.6. The van der Waals surface area contributed by atoms with E-state index in [4.69, 9.17) is 19.4 Å². The number of H-pyrrole nitrogens is 1. The minimum absolute atomic E-state index is 0. The number of nitrogens with one attached hydrogen (secondary N) is 1. The summed E-state index contributed by atoms with van der Waals surface area (Å²) < 4.78 is 6.30. The maximum Gasteiger partial charge on any atom is 1.00 e. The van der Waals surface area contributed by atoms with Gasteiger partial charge in [0.2, 0.25) is 5.52 Å². The van der Waals surface area contributed by atoms with Crippen LogP contribution in [0.4, 0.5) is 0 Å². The molecular formula is C91H60LiN4O2+. The Morgan fingerprint density at radius 3 is 1.34 bits per heavy atom. The number of nitrogens with zero attached hydrogens (tertiary/aromatic N) is 3. The SMILES string of the molecule is [Li+].[O-]c1cccc2ccc[nH+]c12.c1ccc(-c2c3ccccc3c(-c3ccc4oc5cc6ccccc6cc5c4c3)c3ccccc23)cc1.c1ccc(-c2ccc(-c3nc(-c4ccccc4)nc(-c4cccc5c4-c4ccccc4C5(c4ccccc4)c4ccccc4)n3)cc2)cc1. The second kappa shape index (κ2) is 26.1. The van der Waals surface area contributed by atoms with Gasteiger partial charge in [-0.25, -0.2) is 19.9 Å². The Labute approximate surface area is 579 Å². The molecule has 15 aromatic carbocycles. The molecule has 19 rings (SSSR count). The number of pyridine rings is 1. The van der Waals surface area contributed by atoms with Crippen LogP contribution in [0.15, 0.2) is 362 Å². The zero-order valence-corrected chi connectivity index (χ0v) is 53.7. The summed E-state index contributed by atoms with van der Waals surface area (Å²) in [5.41, 5.74) is 19.5. The molecule has 1 aliphatic carbocycles. The fourth-order valence-electron chi connectivity index (χ4n) is 14.6. The summed E-state index contributed by atoms with van der Waals surface area (Å²) in [6.45, 7) is 0. The van der Waals surface area contributed by atoms with Crippen LogP contribution in [0, 0.1) is 0 Å². The summed E-state index contributed by atoms with van der Waals surface area (Å²) in [7, 11) is 0. The Morgan fingerprint density at radius 1 is 0.286 bits per heavy atom. The normalized spacial score (nSPS) is 11.9. The molecule has 0 saturated heterocycles. The molecule has 0 saturated carbocycles. The molecule has 7 heteroatoms. The van der Waals surface area contributed by atoms with Crippen molar-refractivity contribution in [2.75, 3.05) is 0 Å². The third-order valence-corrected chi connectivity index (χ3v) is 18.9. The molecule has 0 fully saturated rings. The number of benzene rings is 15. The zero-order chi connectivity index (χ0) is 64.7. The van der Waals surface area contributed by atoms with Crippen molar-refractivity contribution in [1.29, 1.82) is 0 Å². The fourth-order valence-corrected chi connectivity index (χ4v) is 14.6. The van der Waals surface area contributed by atoms with E-state index in [-0.39, 0.29) is 24.6 Å². The number of hydrogen-bond acceptors (Lipinski definition) is 5. The average molecular weight is 1250 g/mol. The van der Waals surface area contributed by atoms with Crippen LogP contribution in [0.3, 0.4) is 0 Å². The summed E-state index contributed by atoms with van der Waals surface area (Å²) in [5, 5.41) is 21.9. The molecule has 1 aliphatic rings. The molecule has 3 aromatic heterocycles. The Balaban J connectivity index is 0.000000134. The van der Waals surface area contributed by atoms with Gasteiger partial charge in [0.25, 0.3) is 0 Å². The van der Waals surface area contributed by atoms with Gasteiger partial charge in [-0.2, -0.15) is 0 Å². The van der Waals surface area contributed by atoms with Crippen LogP contribution in [0.1, 0.15) is 22.3 Å². The van der Waals surface area contributed by atoms with Gasteiger partial charge in [0.1, 0.15) is 11.2 Å². The monoisotopic (exact) mass is 1250 g/mol. The van der Waals surface area contributed by atoms with Gasteiger partial charge in [-0.15, -0.1) is 0 Å². The Hall–Kier alpha value is -12.3. The van der Waals surface area contributed by atoms with Crippen LogP contribution in [0.2, 0.25) is 0 Å². The minimum Gasteiger partial charge on any atom is -0.868 e. The van der Waals surface area contributed by atoms with Gasteiger partial charge in [0.05, 0.1) is 5.41 Å². The number of para-hydroxylation sites is 1. The van der Waals surface area contributed by atoms with Gasteiger partial charge in [-0.05, 0) is 141 Å². The largest absolute Gasteiger partial charge is 1.00 e. The molecular weight excluding hydrogens is 1190 g/mol. The first-order valence-electron chi connectivity index (χ1n) is 32.8. The molecule has 3 heterocycles. The summed E-state index contributed by atoms with van der Waals surface area (Å²) in [6, 6.07) is 123. The predicted molar refractivity (Wildman–Crippen MR) is 396 cm³/mol. The van der Waals surface area contributed by atoms with Crippen molar-refractivity contribution in [2.24, 2.45) is 0 Å². The molecule has 0 atom stereocenters. The van der Waals surface area contributed by atoms with Gasteiger partial charge in [0, 0.05) is 38.9 Å². The summed E-state index contributed by atoms with van der Waals surface area (Å²) >= 11 is 0. The second-order valence-corrected chi connectivity index (χ2v) is 24.5. The third kappa shape index (κ3) is 10.8. The van der Waals surface area contributed by atoms with Crippen LogP contribution in [0.5, 0.6) is 5.75 Å². The summed E-state index contributed by atoms with van der Waals surface area (Å²) in [5.74, 6) is 1.99. The van der Waals surface area contributed by atoms with Gasteiger partial charge >= 0.3 is 18.9 Å².